The van der Waals surface area contributed by atoms with E-state index in [1.54, 1.807) is 24.3 Å². The van der Waals surface area contributed by atoms with Crippen LogP contribution in [0.2, 0.25) is 0 Å². The van der Waals surface area contributed by atoms with E-state index in [-0.39, 0.29) is 24.5 Å². The first kappa shape index (κ1) is 12.4. The summed E-state index contributed by atoms with van der Waals surface area (Å²) in [6, 6.07) is 8.93. The number of rotatable bonds is 5. The van der Waals surface area contributed by atoms with Gasteiger partial charge >= 0.3 is 0 Å². The van der Waals surface area contributed by atoms with Gasteiger partial charge in [0.2, 0.25) is 11.0 Å². The largest absolute Gasteiger partial charge is 0.301 e. The number of benzene rings is 1. The maximum Gasteiger partial charge on any atom is 0.226 e. The first-order chi connectivity index (χ1) is 8.75. The van der Waals surface area contributed by atoms with E-state index >= 15 is 0 Å². The van der Waals surface area contributed by atoms with E-state index in [0.29, 0.717) is 10.7 Å². The minimum Gasteiger partial charge on any atom is -0.301 e. The number of anilines is 1. The zero-order valence-electron chi connectivity index (χ0n) is 9.50. The second-order valence-electron chi connectivity index (χ2n) is 3.58. The highest BCUT2D eigenvalue weighted by atomic mass is 32.1. The van der Waals surface area contributed by atoms with Crippen LogP contribution in [0.4, 0.5) is 5.13 Å². The Hall–Kier alpha value is -2.08. The molecule has 1 aromatic heterocycles. The summed E-state index contributed by atoms with van der Waals surface area (Å²) in [5.74, 6) is -0.265. The van der Waals surface area contributed by atoms with Crippen molar-refractivity contribution in [1.82, 2.24) is 10.2 Å². The number of carbonyl (C=O) groups excluding carboxylic acids is 2. The minimum atomic E-state index is -0.226. The smallest absolute Gasteiger partial charge is 0.226 e. The molecule has 0 aliphatic rings. The molecule has 92 valence electrons. The molecule has 2 rings (SSSR count). The number of ketones is 1. The topological polar surface area (TPSA) is 72.0 Å². The standard InChI is InChI=1S/C12H11N3O2S/c16-10(9-4-2-1-3-5-9)6-7-11(17)14-12-15-13-8-18-12/h1-5,8H,6-7H2,(H,14,15,17). The monoisotopic (exact) mass is 261 g/mol. The molecule has 0 atom stereocenters. The molecule has 0 aliphatic heterocycles. The zero-order chi connectivity index (χ0) is 12.8. The van der Waals surface area contributed by atoms with Crippen LogP contribution in [0.1, 0.15) is 23.2 Å². The van der Waals surface area contributed by atoms with Gasteiger partial charge in [-0.3, -0.25) is 9.59 Å². The zero-order valence-corrected chi connectivity index (χ0v) is 10.3. The fourth-order valence-corrected chi connectivity index (χ4v) is 1.87. The Kier molecular flexibility index (Phi) is 4.14. The Bertz CT molecular complexity index is 526. The molecule has 0 spiro atoms. The molecular weight excluding hydrogens is 250 g/mol. The highest BCUT2D eigenvalue weighted by Gasteiger charge is 2.09. The molecule has 0 saturated carbocycles. The summed E-state index contributed by atoms with van der Waals surface area (Å²) < 4.78 is 0. The molecule has 1 aromatic carbocycles. The first-order valence-electron chi connectivity index (χ1n) is 5.40. The Labute approximate surface area is 108 Å². The number of amides is 1. The first-order valence-corrected chi connectivity index (χ1v) is 6.28. The van der Waals surface area contributed by atoms with Crippen LogP contribution in [0, 0.1) is 0 Å². The van der Waals surface area contributed by atoms with Crippen LogP contribution in [-0.4, -0.2) is 21.9 Å². The van der Waals surface area contributed by atoms with Gasteiger partial charge in [0.15, 0.2) is 5.78 Å². The number of hydrogen-bond acceptors (Lipinski definition) is 5. The predicted molar refractivity (Wildman–Crippen MR) is 68.5 cm³/mol. The number of hydrogen-bond donors (Lipinski definition) is 1. The quantitative estimate of drug-likeness (QED) is 0.837. The van der Waals surface area contributed by atoms with Crippen LogP contribution in [0.3, 0.4) is 0 Å². The summed E-state index contributed by atoms with van der Waals surface area (Å²) in [4.78, 5) is 23.3. The van der Waals surface area contributed by atoms with E-state index in [9.17, 15) is 9.59 Å². The highest BCUT2D eigenvalue weighted by molar-refractivity contribution is 7.13. The molecule has 0 aliphatic carbocycles. The number of aromatic nitrogens is 2. The van der Waals surface area contributed by atoms with Gasteiger partial charge in [-0.15, -0.1) is 10.2 Å². The third-order valence-corrected chi connectivity index (χ3v) is 2.89. The van der Waals surface area contributed by atoms with E-state index in [1.165, 1.54) is 16.8 Å². The van der Waals surface area contributed by atoms with Crippen molar-refractivity contribution in [2.45, 2.75) is 12.8 Å². The Morgan fingerprint density at radius 3 is 2.61 bits per heavy atom. The summed E-state index contributed by atoms with van der Waals surface area (Å²) >= 11 is 1.24. The average molecular weight is 261 g/mol. The van der Waals surface area contributed by atoms with Crippen molar-refractivity contribution in [2.24, 2.45) is 0 Å². The molecule has 18 heavy (non-hydrogen) atoms. The molecular formula is C12H11N3O2S. The Morgan fingerprint density at radius 1 is 1.17 bits per heavy atom. The molecule has 1 heterocycles. The van der Waals surface area contributed by atoms with Crippen molar-refractivity contribution in [1.29, 1.82) is 0 Å². The predicted octanol–water partition coefficient (Wildman–Crippen LogP) is 2.14. The average Bonchev–Trinajstić information content (AvgIpc) is 2.90. The second kappa shape index (κ2) is 6.02. The normalized spacial score (nSPS) is 10.0. The number of carbonyl (C=O) groups is 2. The summed E-state index contributed by atoms with van der Waals surface area (Å²) in [7, 11) is 0. The Balaban J connectivity index is 1.81. The van der Waals surface area contributed by atoms with Gasteiger partial charge in [0, 0.05) is 18.4 Å². The van der Waals surface area contributed by atoms with E-state index in [4.69, 9.17) is 0 Å². The maximum atomic E-state index is 11.7. The van der Waals surface area contributed by atoms with Crippen LogP contribution in [0.5, 0.6) is 0 Å². The number of Topliss-reactive ketones (excluding diaryl/α,β-unsaturated/α-hetero) is 1. The van der Waals surface area contributed by atoms with E-state index in [1.807, 2.05) is 6.07 Å². The molecule has 2 aromatic rings. The fourth-order valence-electron chi connectivity index (χ4n) is 1.40. The summed E-state index contributed by atoms with van der Waals surface area (Å²) in [5.41, 5.74) is 2.16. The van der Waals surface area contributed by atoms with Gasteiger partial charge in [0.05, 0.1) is 0 Å². The molecule has 0 bridgehead atoms. The van der Waals surface area contributed by atoms with Gasteiger partial charge in [-0.1, -0.05) is 41.7 Å². The third kappa shape index (κ3) is 3.46. The molecule has 0 saturated heterocycles. The number of nitrogens with zero attached hydrogens (tertiary/aromatic N) is 2. The molecule has 6 heteroatoms. The Morgan fingerprint density at radius 2 is 1.94 bits per heavy atom. The SMILES string of the molecule is O=C(CCC(=O)c1ccccc1)Nc1nncs1. The van der Waals surface area contributed by atoms with Crippen LogP contribution >= 0.6 is 11.3 Å². The molecule has 5 nitrogen and oxygen atoms in total. The van der Waals surface area contributed by atoms with Gasteiger partial charge in [-0.05, 0) is 0 Å². The summed E-state index contributed by atoms with van der Waals surface area (Å²) in [5, 5.41) is 10.3. The van der Waals surface area contributed by atoms with E-state index < -0.39 is 0 Å². The molecule has 0 radical (unpaired) electrons. The minimum absolute atomic E-state index is 0.0389. The van der Waals surface area contributed by atoms with E-state index in [0.717, 1.165) is 0 Å². The van der Waals surface area contributed by atoms with Crippen molar-refractivity contribution >= 4 is 28.2 Å². The lowest BCUT2D eigenvalue weighted by Gasteiger charge is -2.01. The molecule has 1 amide bonds. The van der Waals surface area contributed by atoms with Crippen LogP contribution in [0.15, 0.2) is 35.8 Å². The van der Waals surface area contributed by atoms with E-state index in [2.05, 4.69) is 15.5 Å². The lowest BCUT2D eigenvalue weighted by atomic mass is 10.1. The van der Waals surface area contributed by atoms with Crippen molar-refractivity contribution in [3.05, 3.63) is 41.4 Å². The van der Waals surface area contributed by atoms with Gasteiger partial charge in [-0.25, -0.2) is 0 Å². The van der Waals surface area contributed by atoms with Gasteiger partial charge in [0.1, 0.15) is 5.51 Å². The van der Waals surface area contributed by atoms with Gasteiger partial charge in [-0.2, -0.15) is 0 Å². The second-order valence-corrected chi connectivity index (χ2v) is 4.41. The van der Waals surface area contributed by atoms with Crippen LogP contribution in [0.25, 0.3) is 0 Å². The molecule has 0 fully saturated rings. The van der Waals surface area contributed by atoms with Crippen molar-refractivity contribution in [3.63, 3.8) is 0 Å². The van der Waals surface area contributed by atoms with Crippen molar-refractivity contribution < 1.29 is 9.59 Å². The van der Waals surface area contributed by atoms with Crippen molar-refractivity contribution in [2.75, 3.05) is 5.32 Å². The van der Waals surface area contributed by atoms with Crippen LogP contribution < -0.4 is 5.32 Å². The maximum absolute atomic E-state index is 11.7. The lowest BCUT2D eigenvalue weighted by Crippen LogP contribution is -2.13. The summed E-state index contributed by atoms with van der Waals surface area (Å²) in [6.07, 6.45) is 0.335. The van der Waals surface area contributed by atoms with Gasteiger partial charge in [0.25, 0.3) is 0 Å². The van der Waals surface area contributed by atoms with Crippen molar-refractivity contribution in [3.8, 4) is 0 Å². The van der Waals surface area contributed by atoms with Crippen LogP contribution in [-0.2, 0) is 4.79 Å². The number of nitrogens with one attached hydrogen (secondary N) is 1. The third-order valence-electron chi connectivity index (χ3n) is 2.28. The lowest BCUT2D eigenvalue weighted by molar-refractivity contribution is -0.116. The van der Waals surface area contributed by atoms with Gasteiger partial charge < -0.3 is 5.32 Å². The summed E-state index contributed by atoms with van der Waals surface area (Å²) in [6.45, 7) is 0. The molecule has 0 unspecified atom stereocenters. The highest BCUT2D eigenvalue weighted by Crippen LogP contribution is 2.10. The fraction of sp³-hybridized carbons (Fsp3) is 0.167. The molecule has 1 N–H and O–H groups in total.